The van der Waals surface area contributed by atoms with Crippen molar-refractivity contribution in [1.82, 2.24) is 0 Å². The van der Waals surface area contributed by atoms with Crippen LogP contribution in [0.15, 0.2) is 18.2 Å². The molecular weight excluding hydrogens is 187 g/mol. The summed E-state index contributed by atoms with van der Waals surface area (Å²) in [5.41, 5.74) is 6.31. The van der Waals surface area contributed by atoms with E-state index in [1.54, 1.807) is 0 Å². The maximum absolute atomic E-state index is 12.8. The Kier molecular flexibility index (Phi) is 1.98. The lowest BCUT2D eigenvalue weighted by atomic mass is 9.99. The first-order valence-corrected chi connectivity index (χ1v) is 4.16. The maximum atomic E-state index is 12.8. The Hall–Kier alpha value is -1.46. The number of fused-ring (bicyclic) bond motifs is 1. The van der Waals surface area contributed by atoms with E-state index in [-0.39, 0.29) is 6.42 Å². The molecule has 0 aromatic heterocycles. The largest absolute Gasteiger partial charge is 0.320 e. The monoisotopic (exact) mass is 196 g/mol. The molecule has 0 saturated heterocycles. The SMILES string of the molecule is NC1Cc2cc(F)ccc2N(O)C1=O. The van der Waals surface area contributed by atoms with E-state index in [1.165, 1.54) is 18.2 Å². The second kappa shape index (κ2) is 3.04. The first kappa shape index (κ1) is 9.11. The molecule has 1 aliphatic rings. The summed E-state index contributed by atoms with van der Waals surface area (Å²) in [6, 6.07) is 3.01. The molecule has 3 N–H and O–H groups in total. The van der Waals surface area contributed by atoms with Crippen LogP contribution in [0.4, 0.5) is 10.1 Å². The lowest BCUT2D eigenvalue weighted by molar-refractivity contribution is -0.125. The van der Waals surface area contributed by atoms with Gasteiger partial charge in [-0.05, 0) is 30.2 Å². The molecule has 1 unspecified atom stereocenters. The van der Waals surface area contributed by atoms with E-state index in [0.29, 0.717) is 16.3 Å². The summed E-state index contributed by atoms with van der Waals surface area (Å²) in [7, 11) is 0. The predicted molar refractivity (Wildman–Crippen MR) is 47.4 cm³/mol. The third-order valence-electron chi connectivity index (χ3n) is 2.24. The summed E-state index contributed by atoms with van der Waals surface area (Å²) in [6.45, 7) is 0. The minimum atomic E-state index is -0.797. The van der Waals surface area contributed by atoms with Crippen LogP contribution in [0.25, 0.3) is 0 Å². The summed E-state index contributed by atoms with van der Waals surface area (Å²) in [4.78, 5) is 11.2. The van der Waals surface area contributed by atoms with Gasteiger partial charge in [0.15, 0.2) is 0 Å². The van der Waals surface area contributed by atoms with E-state index in [2.05, 4.69) is 0 Å². The van der Waals surface area contributed by atoms with Crippen LogP contribution >= 0.6 is 0 Å². The standard InChI is InChI=1S/C9H9FN2O2/c10-6-1-2-8-5(3-6)4-7(11)9(13)12(8)14/h1-3,7,14H,4,11H2. The first-order chi connectivity index (χ1) is 6.59. The topological polar surface area (TPSA) is 66.6 Å². The Morgan fingerprint density at radius 3 is 3.00 bits per heavy atom. The number of hydroxylamine groups is 1. The van der Waals surface area contributed by atoms with E-state index in [4.69, 9.17) is 5.73 Å². The predicted octanol–water partition coefficient (Wildman–Crippen LogP) is 0.431. The average molecular weight is 196 g/mol. The highest BCUT2D eigenvalue weighted by Crippen LogP contribution is 2.26. The van der Waals surface area contributed by atoms with Gasteiger partial charge in [-0.3, -0.25) is 10.0 Å². The van der Waals surface area contributed by atoms with Crippen LogP contribution in [0.1, 0.15) is 5.56 Å². The smallest absolute Gasteiger partial charge is 0.267 e. The Bertz CT molecular complexity index is 394. The van der Waals surface area contributed by atoms with E-state index in [1.807, 2.05) is 0 Å². The Balaban J connectivity index is 2.50. The second-order valence-corrected chi connectivity index (χ2v) is 3.23. The molecule has 0 aliphatic carbocycles. The molecule has 1 heterocycles. The van der Waals surface area contributed by atoms with Crippen molar-refractivity contribution in [3.63, 3.8) is 0 Å². The van der Waals surface area contributed by atoms with Crippen molar-refractivity contribution < 1.29 is 14.4 Å². The highest BCUT2D eigenvalue weighted by atomic mass is 19.1. The fourth-order valence-electron chi connectivity index (χ4n) is 1.52. The number of hydrogen-bond acceptors (Lipinski definition) is 3. The van der Waals surface area contributed by atoms with Gasteiger partial charge in [-0.2, -0.15) is 5.06 Å². The van der Waals surface area contributed by atoms with Gasteiger partial charge in [-0.25, -0.2) is 4.39 Å². The number of carbonyl (C=O) groups excluding carboxylic acids is 1. The zero-order chi connectivity index (χ0) is 10.3. The summed E-state index contributed by atoms with van der Waals surface area (Å²) in [5.74, 6) is -0.970. The molecule has 1 aliphatic heterocycles. The highest BCUT2D eigenvalue weighted by molar-refractivity contribution is 5.97. The number of anilines is 1. The molecule has 1 aromatic rings. The van der Waals surface area contributed by atoms with Gasteiger partial charge in [-0.15, -0.1) is 0 Å². The number of amides is 1. The molecular formula is C9H9FN2O2. The summed E-state index contributed by atoms with van der Waals surface area (Å²) in [6.07, 6.45) is 0.253. The Morgan fingerprint density at radius 1 is 1.57 bits per heavy atom. The van der Waals surface area contributed by atoms with Crippen molar-refractivity contribution in [3.05, 3.63) is 29.6 Å². The van der Waals surface area contributed by atoms with Gasteiger partial charge in [0.25, 0.3) is 5.91 Å². The number of benzene rings is 1. The van der Waals surface area contributed by atoms with Crippen LogP contribution in [-0.2, 0) is 11.2 Å². The molecule has 0 bridgehead atoms. The maximum Gasteiger partial charge on any atom is 0.267 e. The van der Waals surface area contributed by atoms with Crippen molar-refractivity contribution in [3.8, 4) is 0 Å². The van der Waals surface area contributed by atoms with Crippen molar-refractivity contribution in [2.24, 2.45) is 5.73 Å². The van der Waals surface area contributed by atoms with Gasteiger partial charge in [0, 0.05) is 0 Å². The van der Waals surface area contributed by atoms with Gasteiger partial charge in [-0.1, -0.05) is 0 Å². The number of hydrogen-bond donors (Lipinski definition) is 2. The molecule has 5 heteroatoms. The molecule has 0 spiro atoms. The fraction of sp³-hybridized carbons (Fsp3) is 0.222. The van der Waals surface area contributed by atoms with Crippen LogP contribution in [0.3, 0.4) is 0 Å². The zero-order valence-electron chi connectivity index (χ0n) is 7.27. The van der Waals surface area contributed by atoms with Gasteiger partial charge >= 0.3 is 0 Å². The molecule has 1 atom stereocenters. The summed E-state index contributed by atoms with van der Waals surface area (Å²) >= 11 is 0. The first-order valence-electron chi connectivity index (χ1n) is 4.16. The van der Waals surface area contributed by atoms with E-state index in [9.17, 15) is 14.4 Å². The molecule has 0 radical (unpaired) electrons. The molecule has 0 saturated carbocycles. The lowest BCUT2D eigenvalue weighted by Gasteiger charge is -2.27. The van der Waals surface area contributed by atoms with Gasteiger partial charge in [0.05, 0.1) is 11.7 Å². The minimum Gasteiger partial charge on any atom is -0.320 e. The molecule has 4 nitrogen and oxygen atoms in total. The van der Waals surface area contributed by atoms with Crippen molar-refractivity contribution in [1.29, 1.82) is 0 Å². The van der Waals surface area contributed by atoms with Crippen LogP contribution in [-0.4, -0.2) is 17.2 Å². The highest BCUT2D eigenvalue weighted by Gasteiger charge is 2.29. The van der Waals surface area contributed by atoms with Gasteiger partial charge in [0.2, 0.25) is 0 Å². The minimum absolute atomic E-state index is 0.253. The third-order valence-corrected chi connectivity index (χ3v) is 2.24. The third kappa shape index (κ3) is 1.26. The molecule has 0 fully saturated rings. The van der Waals surface area contributed by atoms with Crippen LogP contribution in [0.5, 0.6) is 0 Å². The molecule has 1 aromatic carbocycles. The Labute approximate surface area is 79.7 Å². The van der Waals surface area contributed by atoms with Gasteiger partial charge in [0.1, 0.15) is 5.82 Å². The molecule has 14 heavy (non-hydrogen) atoms. The summed E-state index contributed by atoms with van der Waals surface area (Å²) in [5, 5.41) is 9.85. The number of carbonyl (C=O) groups is 1. The quantitative estimate of drug-likeness (QED) is 0.591. The Morgan fingerprint density at radius 2 is 2.29 bits per heavy atom. The van der Waals surface area contributed by atoms with Crippen LogP contribution < -0.4 is 10.8 Å². The van der Waals surface area contributed by atoms with Crippen molar-refractivity contribution in [2.45, 2.75) is 12.5 Å². The van der Waals surface area contributed by atoms with Crippen molar-refractivity contribution in [2.75, 3.05) is 5.06 Å². The molecule has 74 valence electrons. The van der Waals surface area contributed by atoms with E-state index >= 15 is 0 Å². The van der Waals surface area contributed by atoms with Crippen LogP contribution in [0.2, 0.25) is 0 Å². The second-order valence-electron chi connectivity index (χ2n) is 3.23. The lowest BCUT2D eigenvalue weighted by Crippen LogP contribution is -2.47. The van der Waals surface area contributed by atoms with Crippen LogP contribution in [0, 0.1) is 5.82 Å². The number of nitrogens with zero attached hydrogens (tertiary/aromatic N) is 1. The van der Waals surface area contributed by atoms with Crippen molar-refractivity contribution >= 4 is 11.6 Å². The fourth-order valence-corrected chi connectivity index (χ4v) is 1.52. The van der Waals surface area contributed by atoms with E-state index < -0.39 is 17.8 Å². The molecule has 1 amide bonds. The summed E-state index contributed by atoms with van der Waals surface area (Å²) < 4.78 is 12.8. The normalized spacial score (nSPS) is 20.9. The number of halogens is 1. The van der Waals surface area contributed by atoms with E-state index in [0.717, 1.165) is 0 Å². The number of rotatable bonds is 0. The van der Waals surface area contributed by atoms with Gasteiger partial charge < -0.3 is 5.73 Å². The molecule has 2 rings (SSSR count). The number of nitrogens with two attached hydrogens (primary N) is 1. The zero-order valence-corrected chi connectivity index (χ0v) is 7.27. The average Bonchev–Trinajstić information content (AvgIpc) is 2.14.